The maximum absolute atomic E-state index is 11.0. The Balaban J connectivity index is 2.38. The molecule has 0 spiro atoms. The van der Waals surface area contributed by atoms with Gasteiger partial charge in [-0.3, -0.25) is 4.79 Å². The summed E-state index contributed by atoms with van der Waals surface area (Å²) in [6.07, 6.45) is 1.62. The Hall–Kier alpha value is -0.830. The van der Waals surface area contributed by atoms with Gasteiger partial charge in [0.15, 0.2) is 0 Å². The highest BCUT2D eigenvalue weighted by molar-refractivity contribution is 9.10. The van der Waals surface area contributed by atoms with Gasteiger partial charge in [0.2, 0.25) is 0 Å². The van der Waals surface area contributed by atoms with Crippen LogP contribution in [0.4, 0.5) is 0 Å². The molecule has 0 aliphatic heterocycles. The van der Waals surface area contributed by atoms with E-state index in [2.05, 4.69) is 22.0 Å². The molecule has 1 aliphatic rings. The first-order chi connectivity index (χ1) is 7.09. The van der Waals surface area contributed by atoms with E-state index in [9.17, 15) is 4.79 Å². The zero-order valence-corrected chi connectivity index (χ0v) is 10.1. The monoisotopic (exact) mass is 268 g/mol. The van der Waals surface area contributed by atoms with Crippen LogP contribution in [0.1, 0.15) is 30.4 Å². The maximum atomic E-state index is 11.0. The molecule has 0 bridgehead atoms. The lowest BCUT2D eigenvalue weighted by molar-refractivity contribution is -0.142. The van der Waals surface area contributed by atoms with Gasteiger partial charge in [-0.1, -0.05) is 28.9 Å². The Bertz CT molecular complexity index is 401. The topological polar surface area (TPSA) is 37.3 Å². The first-order valence-electron chi connectivity index (χ1n) is 5.10. The molecule has 1 N–H and O–H groups in total. The average Bonchev–Trinajstić information content (AvgIpc) is 2.17. The number of carboxylic acids is 1. The van der Waals surface area contributed by atoms with Crippen LogP contribution in [0.25, 0.3) is 0 Å². The molecule has 1 aromatic rings. The van der Waals surface area contributed by atoms with Crippen molar-refractivity contribution in [3.63, 3.8) is 0 Å². The molecule has 1 aromatic carbocycles. The molecule has 1 aliphatic carbocycles. The number of halogens is 1. The number of carboxylic acid groups (broad SMARTS) is 1. The quantitative estimate of drug-likeness (QED) is 0.850. The molecule has 2 unspecified atom stereocenters. The van der Waals surface area contributed by atoms with Crippen molar-refractivity contribution in [2.24, 2.45) is 5.92 Å². The number of hydrogen-bond donors (Lipinski definition) is 1. The third-order valence-electron chi connectivity index (χ3n) is 3.24. The van der Waals surface area contributed by atoms with Crippen LogP contribution in [0.5, 0.6) is 0 Å². The first-order valence-corrected chi connectivity index (χ1v) is 5.90. The molecule has 0 saturated heterocycles. The second-order valence-electron chi connectivity index (χ2n) is 4.12. The van der Waals surface area contributed by atoms with E-state index in [1.807, 2.05) is 19.1 Å². The molecule has 0 fully saturated rings. The predicted molar refractivity (Wildman–Crippen MR) is 62.0 cm³/mol. The van der Waals surface area contributed by atoms with Crippen molar-refractivity contribution in [3.8, 4) is 0 Å². The summed E-state index contributed by atoms with van der Waals surface area (Å²) in [5.74, 6) is -0.769. The van der Waals surface area contributed by atoms with E-state index in [4.69, 9.17) is 5.11 Å². The van der Waals surface area contributed by atoms with Crippen LogP contribution < -0.4 is 0 Å². The largest absolute Gasteiger partial charge is 0.481 e. The molecule has 0 radical (unpaired) electrons. The van der Waals surface area contributed by atoms with Gasteiger partial charge < -0.3 is 5.11 Å². The van der Waals surface area contributed by atoms with Crippen molar-refractivity contribution < 1.29 is 9.90 Å². The van der Waals surface area contributed by atoms with E-state index in [-0.39, 0.29) is 11.8 Å². The van der Waals surface area contributed by atoms with Crippen LogP contribution in [0.3, 0.4) is 0 Å². The fraction of sp³-hybridized carbons (Fsp3) is 0.417. The summed E-state index contributed by atoms with van der Waals surface area (Å²) < 4.78 is 1.07. The summed E-state index contributed by atoms with van der Waals surface area (Å²) in [4.78, 5) is 11.0. The lowest BCUT2D eigenvalue weighted by atomic mass is 9.76. The number of aliphatic carboxylic acids is 1. The molecule has 2 atom stereocenters. The average molecular weight is 269 g/mol. The Labute approximate surface area is 97.4 Å². The second-order valence-corrected chi connectivity index (χ2v) is 5.03. The van der Waals surface area contributed by atoms with E-state index in [0.29, 0.717) is 0 Å². The molecule has 0 aromatic heterocycles. The zero-order valence-electron chi connectivity index (χ0n) is 8.53. The van der Waals surface area contributed by atoms with E-state index >= 15 is 0 Å². The molecule has 2 nitrogen and oxygen atoms in total. The Morgan fingerprint density at radius 3 is 2.93 bits per heavy atom. The van der Waals surface area contributed by atoms with Crippen LogP contribution >= 0.6 is 15.9 Å². The highest BCUT2D eigenvalue weighted by Crippen LogP contribution is 2.37. The lowest BCUT2D eigenvalue weighted by Crippen LogP contribution is -2.25. The highest BCUT2D eigenvalue weighted by Gasteiger charge is 2.31. The van der Waals surface area contributed by atoms with Crippen LogP contribution in [0.2, 0.25) is 0 Å². The van der Waals surface area contributed by atoms with Crippen molar-refractivity contribution in [1.29, 1.82) is 0 Å². The fourth-order valence-corrected chi connectivity index (χ4v) is 2.76. The molecule has 0 saturated carbocycles. The van der Waals surface area contributed by atoms with Crippen molar-refractivity contribution in [3.05, 3.63) is 33.8 Å². The molecule has 15 heavy (non-hydrogen) atoms. The summed E-state index contributed by atoms with van der Waals surface area (Å²) in [6.45, 7) is 2.00. The Morgan fingerprint density at radius 2 is 2.27 bits per heavy atom. The summed E-state index contributed by atoms with van der Waals surface area (Å²) in [5.41, 5.74) is 2.48. The van der Waals surface area contributed by atoms with Gasteiger partial charge in [0.25, 0.3) is 0 Å². The molecular weight excluding hydrogens is 256 g/mol. The van der Waals surface area contributed by atoms with Crippen LogP contribution in [0, 0.1) is 5.92 Å². The van der Waals surface area contributed by atoms with E-state index in [0.717, 1.165) is 17.3 Å². The molecule has 0 amide bonds. The molecule has 0 heterocycles. The standard InChI is InChI=1S/C12H13BrO2/c1-7-10-5-3-9(13)6-8(10)2-4-11(7)12(14)15/h3,5-7,11H,2,4H2,1H3,(H,14,15). The minimum Gasteiger partial charge on any atom is -0.481 e. The summed E-state index contributed by atoms with van der Waals surface area (Å²) in [7, 11) is 0. The Morgan fingerprint density at radius 1 is 1.53 bits per heavy atom. The number of fused-ring (bicyclic) bond motifs is 1. The predicted octanol–water partition coefficient (Wildman–Crippen LogP) is 3.20. The zero-order chi connectivity index (χ0) is 11.0. The summed E-state index contributed by atoms with van der Waals surface area (Å²) in [5, 5.41) is 9.08. The number of benzene rings is 1. The number of aryl methyl sites for hydroxylation is 1. The van der Waals surface area contributed by atoms with Gasteiger partial charge in [0.05, 0.1) is 5.92 Å². The summed E-state index contributed by atoms with van der Waals surface area (Å²) in [6, 6.07) is 6.13. The number of carbonyl (C=O) groups is 1. The van der Waals surface area contributed by atoms with Crippen molar-refractivity contribution in [2.75, 3.05) is 0 Å². The van der Waals surface area contributed by atoms with E-state index in [1.54, 1.807) is 0 Å². The smallest absolute Gasteiger partial charge is 0.307 e. The number of hydrogen-bond acceptors (Lipinski definition) is 1. The third kappa shape index (κ3) is 1.93. The minimum absolute atomic E-state index is 0.124. The molecular formula is C12H13BrO2. The lowest BCUT2D eigenvalue weighted by Gasteiger charge is -2.28. The SMILES string of the molecule is CC1c2ccc(Br)cc2CCC1C(=O)O. The second kappa shape index (κ2) is 3.97. The van der Waals surface area contributed by atoms with Gasteiger partial charge in [-0.05, 0) is 42.0 Å². The van der Waals surface area contributed by atoms with E-state index in [1.165, 1.54) is 11.1 Å². The van der Waals surface area contributed by atoms with Crippen LogP contribution in [-0.2, 0) is 11.2 Å². The Kier molecular flexibility index (Phi) is 2.83. The normalized spacial score (nSPS) is 24.7. The van der Waals surface area contributed by atoms with Crippen molar-refractivity contribution in [2.45, 2.75) is 25.7 Å². The van der Waals surface area contributed by atoms with Crippen LogP contribution in [-0.4, -0.2) is 11.1 Å². The molecule has 3 heteroatoms. The van der Waals surface area contributed by atoms with Crippen LogP contribution in [0.15, 0.2) is 22.7 Å². The van der Waals surface area contributed by atoms with Gasteiger partial charge in [-0.2, -0.15) is 0 Å². The fourth-order valence-electron chi connectivity index (χ4n) is 2.35. The van der Waals surface area contributed by atoms with Gasteiger partial charge in [0.1, 0.15) is 0 Å². The first kappa shape index (κ1) is 10.7. The van der Waals surface area contributed by atoms with Gasteiger partial charge in [-0.25, -0.2) is 0 Å². The molecule has 2 rings (SSSR count). The number of rotatable bonds is 1. The third-order valence-corrected chi connectivity index (χ3v) is 3.73. The van der Waals surface area contributed by atoms with Crippen molar-refractivity contribution >= 4 is 21.9 Å². The minimum atomic E-state index is -0.670. The maximum Gasteiger partial charge on any atom is 0.307 e. The van der Waals surface area contributed by atoms with E-state index < -0.39 is 5.97 Å². The molecule has 80 valence electrons. The highest BCUT2D eigenvalue weighted by atomic mass is 79.9. The van der Waals surface area contributed by atoms with Gasteiger partial charge >= 0.3 is 5.97 Å². The van der Waals surface area contributed by atoms with Gasteiger partial charge in [0, 0.05) is 4.47 Å². The van der Waals surface area contributed by atoms with Crippen molar-refractivity contribution in [1.82, 2.24) is 0 Å². The summed E-state index contributed by atoms with van der Waals surface area (Å²) >= 11 is 3.44. The van der Waals surface area contributed by atoms with Gasteiger partial charge in [-0.15, -0.1) is 0 Å².